The normalized spacial score (nSPS) is 10.4. The summed E-state index contributed by atoms with van der Waals surface area (Å²) < 4.78 is 0. The summed E-state index contributed by atoms with van der Waals surface area (Å²) in [5, 5.41) is 26.3. The number of nitro benzene ring substituents is 1. The van der Waals surface area contributed by atoms with Crippen LogP contribution in [0.3, 0.4) is 0 Å². The Labute approximate surface area is 142 Å². The molecule has 0 aromatic heterocycles. The molecule has 0 unspecified atom stereocenters. The van der Waals surface area contributed by atoms with E-state index in [1.54, 1.807) is 18.2 Å². The quantitative estimate of drug-likeness (QED) is 0.412. The number of hydrogen-bond donors (Lipinski definition) is 3. The van der Waals surface area contributed by atoms with Crippen LogP contribution in [-0.4, -0.2) is 34.6 Å². The van der Waals surface area contributed by atoms with E-state index in [0.717, 1.165) is 6.21 Å². The number of para-hydroxylation sites is 2. The fourth-order valence-electron chi connectivity index (χ4n) is 1.90. The maximum absolute atomic E-state index is 11.8. The first-order valence-electron chi connectivity index (χ1n) is 7.10. The summed E-state index contributed by atoms with van der Waals surface area (Å²) in [5.74, 6) is -1.44. The Kier molecular flexibility index (Phi) is 5.77. The van der Waals surface area contributed by atoms with Crippen LogP contribution in [0.1, 0.15) is 15.9 Å². The van der Waals surface area contributed by atoms with Crippen LogP contribution in [-0.2, 0) is 4.79 Å². The average Bonchev–Trinajstić information content (AvgIpc) is 2.60. The largest absolute Gasteiger partial charge is 0.507 e. The maximum Gasteiger partial charge on any atom is 0.278 e. The van der Waals surface area contributed by atoms with Gasteiger partial charge in [0.05, 0.1) is 28.8 Å². The fourth-order valence-corrected chi connectivity index (χ4v) is 1.90. The molecule has 0 bridgehead atoms. The van der Waals surface area contributed by atoms with Crippen LogP contribution in [0, 0.1) is 10.1 Å². The topological polar surface area (TPSA) is 134 Å². The molecule has 0 heterocycles. The van der Waals surface area contributed by atoms with Crippen LogP contribution in [0.2, 0.25) is 0 Å². The first-order chi connectivity index (χ1) is 12.0. The summed E-state index contributed by atoms with van der Waals surface area (Å²) in [6.07, 6.45) is 1.14. The number of hydrazone groups is 1. The van der Waals surface area contributed by atoms with Crippen LogP contribution in [0.5, 0.6) is 5.75 Å². The number of nitro groups is 1. The summed E-state index contributed by atoms with van der Waals surface area (Å²) in [7, 11) is 0. The van der Waals surface area contributed by atoms with E-state index in [2.05, 4.69) is 15.8 Å². The van der Waals surface area contributed by atoms with Crippen molar-refractivity contribution in [1.29, 1.82) is 0 Å². The van der Waals surface area contributed by atoms with Gasteiger partial charge in [0, 0.05) is 6.07 Å². The van der Waals surface area contributed by atoms with Crippen molar-refractivity contribution in [2.75, 3.05) is 6.54 Å². The predicted octanol–water partition coefficient (Wildman–Crippen LogP) is 1.18. The number of hydrogen-bond acceptors (Lipinski definition) is 6. The summed E-state index contributed by atoms with van der Waals surface area (Å²) >= 11 is 0. The van der Waals surface area contributed by atoms with E-state index in [1.807, 2.05) is 0 Å². The zero-order chi connectivity index (χ0) is 18.2. The molecule has 25 heavy (non-hydrogen) atoms. The Balaban J connectivity index is 1.88. The number of nitrogens with one attached hydrogen (secondary N) is 2. The lowest BCUT2D eigenvalue weighted by atomic mass is 10.2. The van der Waals surface area contributed by atoms with Gasteiger partial charge in [-0.3, -0.25) is 19.7 Å². The van der Waals surface area contributed by atoms with Crippen molar-refractivity contribution in [2.24, 2.45) is 5.10 Å². The van der Waals surface area contributed by atoms with Gasteiger partial charge in [-0.2, -0.15) is 5.10 Å². The highest BCUT2D eigenvalue weighted by atomic mass is 16.6. The Morgan fingerprint density at radius 1 is 1.16 bits per heavy atom. The lowest BCUT2D eigenvalue weighted by Gasteiger charge is -2.05. The van der Waals surface area contributed by atoms with Crippen molar-refractivity contribution in [3.05, 3.63) is 69.8 Å². The second-order valence-corrected chi connectivity index (χ2v) is 4.81. The van der Waals surface area contributed by atoms with E-state index < -0.39 is 16.7 Å². The molecule has 2 aromatic rings. The molecule has 2 amide bonds. The number of carbonyl (C=O) groups is 2. The van der Waals surface area contributed by atoms with Gasteiger partial charge in [0.1, 0.15) is 5.75 Å². The summed E-state index contributed by atoms with van der Waals surface area (Å²) in [6.45, 7) is -0.374. The van der Waals surface area contributed by atoms with E-state index in [9.17, 15) is 24.8 Å². The van der Waals surface area contributed by atoms with Crippen molar-refractivity contribution < 1.29 is 19.6 Å². The number of phenolic OH excluding ortho intramolecular Hbond substituents is 1. The van der Waals surface area contributed by atoms with Gasteiger partial charge in [0.2, 0.25) is 0 Å². The van der Waals surface area contributed by atoms with Gasteiger partial charge >= 0.3 is 0 Å². The second-order valence-electron chi connectivity index (χ2n) is 4.81. The summed E-state index contributed by atoms with van der Waals surface area (Å²) in [5.41, 5.74) is 2.27. The van der Waals surface area contributed by atoms with Crippen LogP contribution in [0.25, 0.3) is 0 Å². The molecular weight excluding hydrogens is 328 g/mol. The van der Waals surface area contributed by atoms with Crippen molar-refractivity contribution in [3.8, 4) is 5.75 Å². The van der Waals surface area contributed by atoms with Gasteiger partial charge in [-0.25, -0.2) is 5.43 Å². The first-order valence-corrected chi connectivity index (χ1v) is 7.10. The van der Waals surface area contributed by atoms with Gasteiger partial charge < -0.3 is 10.4 Å². The number of aromatic hydroxyl groups is 1. The van der Waals surface area contributed by atoms with Crippen molar-refractivity contribution >= 4 is 23.7 Å². The molecule has 0 fully saturated rings. The highest BCUT2D eigenvalue weighted by Crippen LogP contribution is 2.15. The summed E-state index contributed by atoms with van der Waals surface area (Å²) in [6, 6.07) is 11.8. The van der Waals surface area contributed by atoms with Crippen LogP contribution >= 0.6 is 0 Å². The van der Waals surface area contributed by atoms with E-state index in [0.29, 0.717) is 0 Å². The van der Waals surface area contributed by atoms with Crippen molar-refractivity contribution in [3.63, 3.8) is 0 Å². The van der Waals surface area contributed by atoms with Crippen LogP contribution < -0.4 is 10.7 Å². The molecule has 3 N–H and O–H groups in total. The number of rotatable bonds is 6. The molecule has 0 aliphatic carbocycles. The Morgan fingerprint density at radius 2 is 1.84 bits per heavy atom. The third-order valence-electron chi connectivity index (χ3n) is 3.08. The van der Waals surface area contributed by atoms with Gasteiger partial charge in [-0.1, -0.05) is 24.3 Å². The van der Waals surface area contributed by atoms with Crippen LogP contribution in [0.4, 0.5) is 5.69 Å². The molecule has 0 spiro atoms. The third-order valence-corrected chi connectivity index (χ3v) is 3.08. The molecule has 128 valence electrons. The monoisotopic (exact) mass is 342 g/mol. The van der Waals surface area contributed by atoms with E-state index in [1.165, 1.54) is 30.3 Å². The Bertz CT molecular complexity index is 835. The minimum atomic E-state index is -0.626. The van der Waals surface area contributed by atoms with Gasteiger partial charge in [-0.15, -0.1) is 0 Å². The van der Waals surface area contributed by atoms with Gasteiger partial charge in [-0.05, 0) is 18.2 Å². The maximum atomic E-state index is 11.8. The molecule has 0 aliphatic rings. The Morgan fingerprint density at radius 3 is 2.56 bits per heavy atom. The molecule has 9 heteroatoms. The number of nitrogens with zero attached hydrogens (tertiary/aromatic N) is 2. The fraction of sp³-hybridized carbons (Fsp3) is 0.0625. The second kappa shape index (κ2) is 8.20. The van der Waals surface area contributed by atoms with Crippen molar-refractivity contribution in [2.45, 2.75) is 0 Å². The molecule has 2 aromatic carbocycles. The van der Waals surface area contributed by atoms with E-state index in [4.69, 9.17) is 0 Å². The predicted molar refractivity (Wildman–Crippen MR) is 89.3 cm³/mol. The number of phenols is 1. The lowest BCUT2D eigenvalue weighted by Crippen LogP contribution is -2.34. The minimum Gasteiger partial charge on any atom is -0.507 e. The molecule has 0 atom stereocenters. The summed E-state index contributed by atoms with van der Waals surface area (Å²) in [4.78, 5) is 33.7. The zero-order valence-electron chi connectivity index (χ0n) is 12.9. The van der Waals surface area contributed by atoms with E-state index >= 15 is 0 Å². The lowest BCUT2D eigenvalue weighted by molar-refractivity contribution is -0.385. The van der Waals surface area contributed by atoms with Crippen LogP contribution in [0.15, 0.2) is 53.6 Å². The van der Waals surface area contributed by atoms with Crippen molar-refractivity contribution in [1.82, 2.24) is 10.7 Å². The van der Waals surface area contributed by atoms with Gasteiger partial charge in [0.25, 0.3) is 17.5 Å². The number of amides is 2. The number of carbonyl (C=O) groups excluding carboxylic acids is 2. The highest BCUT2D eigenvalue weighted by molar-refractivity contribution is 5.98. The van der Waals surface area contributed by atoms with E-state index in [-0.39, 0.29) is 29.1 Å². The third kappa shape index (κ3) is 4.86. The molecule has 9 nitrogen and oxygen atoms in total. The highest BCUT2D eigenvalue weighted by Gasteiger charge is 2.12. The van der Waals surface area contributed by atoms with Gasteiger partial charge in [0.15, 0.2) is 0 Å². The average molecular weight is 342 g/mol. The Hall–Kier alpha value is -3.75. The molecule has 0 aliphatic heterocycles. The number of benzene rings is 2. The molecule has 0 radical (unpaired) electrons. The molecular formula is C16H14N4O5. The smallest absolute Gasteiger partial charge is 0.278 e. The zero-order valence-corrected chi connectivity index (χ0v) is 12.9. The molecule has 0 saturated carbocycles. The SMILES string of the molecule is O=C(CNC(=O)c1ccccc1O)N/N=C/c1ccccc1[N+](=O)[O-]. The molecule has 2 rings (SSSR count). The minimum absolute atomic E-state index is 0.0405. The standard InChI is InChI=1S/C16H14N4O5/c21-14-8-4-2-6-12(14)16(23)17-10-15(22)19-18-9-11-5-1-3-7-13(11)20(24)25/h1-9,21H,10H2,(H,17,23)(H,19,22)/b18-9+. The molecule has 0 saturated heterocycles. The first kappa shape index (κ1) is 17.6.